The number of benzene rings is 2. The first-order chi connectivity index (χ1) is 15.4. The molecule has 0 heterocycles. The molecule has 2 aromatic carbocycles. The van der Waals surface area contributed by atoms with Crippen molar-refractivity contribution >= 4 is 46.6 Å². The first-order valence-corrected chi connectivity index (χ1v) is 12.3. The highest BCUT2D eigenvalue weighted by Gasteiger charge is 2.31. The van der Waals surface area contributed by atoms with Crippen LogP contribution in [0.15, 0.2) is 42.5 Å². The van der Waals surface area contributed by atoms with Gasteiger partial charge in [0.05, 0.1) is 6.42 Å². The van der Waals surface area contributed by atoms with Gasteiger partial charge in [-0.3, -0.25) is 9.59 Å². The first-order valence-electron chi connectivity index (χ1n) is 11.2. The summed E-state index contributed by atoms with van der Waals surface area (Å²) in [4.78, 5) is 28.3. The molecule has 1 N–H and O–H groups in total. The fourth-order valence-electron chi connectivity index (χ4n) is 4.20. The Kier molecular flexibility index (Phi) is 9.27. The summed E-state index contributed by atoms with van der Waals surface area (Å²) in [5.41, 5.74) is 1.47. The summed E-state index contributed by atoms with van der Waals surface area (Å²) in [6.07, 6.45) is 6.03. The zero-order valence-corrected chi connectivity index (χ0v) is 20.5. The van der Waals surface area contributed by atoms with Gasteiger partial charge in [-0.05, 0) is 48.6 Å². The van der Waals surface area contributed by atoms with Crippen LogP contribution in [0.3, 0.4) is 0 Å². The minimum Gasteiger partial charge on any atom is -0.352 e. The number of hydrogen-bond acceptors (Lipinski definition) is 2. The van der Waals surface area contributed by atoms with Gasteiger partial charge in [0.2, 0.25) is 11.8 Å². The van der Waals surface area contributed by atoms with Crippen LogP contribution in [0.2, 0.25) is 15.1 Å². The zero-order valence-electron chi connectivity index (χ0n) is 18.3. The molecule has 0 spiro atoms. The van der Waals surface area contributed by atoms with Gasteiger partial charge in [0, 0.05) is 27.7 Å². The molecule has 0 unspecified atom stereocenters. The van der Waals surface area contributed by atoms with E-state index in [0.29, 0.717) is 21.5 Å². The summed E-state index contributed by atoms with van der Waals surface area (Å²) in [6.45, 7) is 2.14. The summed E-state index contributed by atoms with van der Waals surface area (Å²) < 4.78 is 0. The van der Waals surface area contributed by atoms with Gasteiger partial charge in [-0.2, -0.15) is 0 Å². The maximum atomic E-state index is 13.5. The van der Waals surface area contributed by atoms with Gasteiger partial charge in [0.25, 0.3) is 0 Å². The number of carbonyl (C=O) groups excluding carboxylic acids is 2. The Hall–Kier alpha value is -1.75. The molecule has 32 heavy (non-hydrogen) atoms. The summed E-state index contributed by atoms with van der Waals surface area (Å²) in [5, 5.41) is 4.70. The molecule has 1 fully saturated rings. The molecular weight excluding hydrogens is 467 g/mol. The quantitative estimate of drug-likeness (QED) is 0.458. The Bertz CT molecular complexity index is 945. The van der Waals surface area contributed by atoms with Gasteiger partial charge in [-0.15, -0.1) is 0 Å². The molecule has 0 aromatic heterocycles. The largest absolute Gasteiger partial charge is 0.352 e. The molecule has 1 aliphatic carbocycles. The number of nitrogens with one attached hydrogen (secondary N) is 1. The molecule has 172 valence electrons. The lowest BCUT2D eigenvalue weighted by Crippen LogP contribution is -2.52. The van der Waals surface area contributed by atoms with Crippen LogP contribution >= 0.6 is 34.8 Å². The topological polar surface area (TPSA) is 49.4 Å². The van der Waals surface area contributed by atoms with Crippen molar-refractivity contribution in [2.45, 2.75) is 70.5 Å². The van der Waals surface area contributed by atoms with E-state index in [2.05, 4.69) is 5.32 Å². The van der Waals surface area contributed by atoms with E-state index in [1.807, 2.05) is 25.1 Å². The lowest BCUT2D eigenvalue weighted by atomic mass is 9.95. The van der Waals surface area contributed by atoms with Gasteiger partial charge in [-0.25, -0.2) is 0 Å². The van der Waals surface area contributed by atoms with Crippen molar-refractivity contribution in [2.75, 3.05) is 0 Å². The average molecular weight is 496 g/mol. The number of hydrogen-bond donors (Lipinski definition) is 1. The molecule has 7 heteroatoms. The lowest BCUT2D eigenvalue weighted by Gasteiger charge is -2.33. The van der Waals surface area contributed by atoms with Crippen molar-refractivity contribution in [1.29, 1.82) is 0 Å². The number of nitrogens with zero attached hydrogens (tertiary/aromatic N) is 1. The van der Waals surface area contributed by atoms with E-state index in [1.54, 1.807) is 29.2 Å². The minimum absolute atomic E-state index is 0.109. The third-order valence-electron chi connectivity index (χ3n) is 5.99. The van der Waals surface area contributed by atoms with Crippen LogP contribution in [0.4, 0.5) is 0 Å². The van der Waals surface area contributed by atoms with Crippen molar-refractivity contribution < 1.29 is 9.59 Å². The van der Waals surface area contributed by atoms with E-state index in [0.717, 1.165) is 36.8 Å². The molecule has 2 aromatic rings. The normalized spacial score (nSPS) is 15.2. The van der Waals surface area contributed by atoms with Crippen LogP contribution < -0.4 is 5.32 Å². The fourth-order valence-corrected chi connectivity index (χ4v) is 4.87. The summed E-state index contributed by atoms with van der Waals surface area (Å²) in [5.74, 6) is -0.285. The van der Waals surface area contributed by atoms with Crippen molar-refractivity contribution in [1.82, 2.24) is 10.2 Å². The Morgan fingerprint density at radius 3 is 2.38 bits per heavy atom. The monoisotopic (exact) mass is 494 g/mol. The second-order valence-corrected chi connectivity index (χ2v) is 9.54. The summed E-state index contributed by atoms with van der Waals surface area (Å²) in [6, 6.07) is 12.0. The molecule has 3 rings (SSSR count). The van der Waals surface area contributed by atoms with Crippen LogP contribution in [0.5, 0.6) is 0 Å². The molecule has 0 aliphatic heterocycles. The van der Waals surface area contributed by atoms with E-state index in [-0.39, 0.29) is 30.8 Å². The van der Waals surface area contributed by atoms with Crippen molar-refractivity contribution in [3.05, 3.63) is 68.7 Å². The van der Waals surface area contributed by atoms with E-state index < -0.39 is 6.04 Å². The minimum atomic E-state index is -0.598. The maximum Gasteiger partial charge on any atom is 0.243 e. The van der Waals surface area contributed by atoms with Crippen molar-refractivity contribution in [3.63, 3.8) is 0 Å². The molecule has 0 bridgehead atoms. The third-order valence-corrected chi connectivity index (χ3v) is 6.95. The highest BCUT2D eigenvalue weighted by atomic mass is 35.5. The van der Waals surface area contributed by atoms with Gasteiger partial charge < -0.3 is 10.2 Å². The highest BCUT2D eigenvalue weighted by Crippen LogP contribution is 2.25. The lowest BCUT2D eigenvalue weighted by molar-refractivity contribution is -0.141. The average Bonchev–Trinajstić information content (AvgIpc) is 2.77. The van der Waals surface area contributed by atoms with E-state index in [9.17, 15) is 9.59 Å². The van der Waals surface area contributed by atoms with E-state index in [4.69, 9.17) is 34.8 Å². The Morgan fingerprint density at radius 1 is 1.00 bits per heavy atom. The van der Waals surface area contributed by atoms with Crippen LogP contribution in [0.25, 0.3) is 0 Å². The number of amides is 2. The molecule has 0 radical (unpaired) electrons. The number of halogens is 3. The maximum absolute atomic E-state index is 13.5. The Morgan fingerprint density at radius 2 is 1.72 bits per heavy atom. The molecule has 1 atom stereocenters. The zero-order chi connectivity index (χ0) is 23.1. The standard InChI is InChI=1S/C25H29Cl3N2O2/c1-2-23(25(32)29-20-9-4-3-5-10-20)30(16-18-12-13-19(26)15-22(18)28)24(31)14-17-8-6-7-11-21(17)27/h6-8,11-13,15,20,23H,2-5,9-10,14,16H2,1H3,(H,29,32)/t23-/m0/s1. The van der Waals surface area contributed by atoms with E-state index >= 15 is 0 Å². The van der Waals surface area contributed by atoms with E-state index in [1.165, 1.54) is 6.42 Å². The van der Waals surface area contributed by atoms with Gasteiger partial charge in [-0.1, -0.05) is 85.3 Å². The van der Waals surface area contributed by atoms with Crippen LogP contribution in [0.1, 0.15) is 56.6 Å². The van der Waals surface area contributed by atoms with Crippen molar-refractivity contribution in [3.8, 4) is 0 Å². The van der Waals surface area contributed by atoms with Crippen LogP contribution in [-0.4, -0.2) is 28.8 Å². The SMILES string of the molecule is CC[C@@H](C(=O)NC1CCCCC1)N(Cc1ccc(Cl)cc1Cl)C(=O)Cc1ccccc1Cl. The van der Waals surface area contributed by atoms with Crippen molar-refractivity contribution in [2.24, 2.45) is 0 Å². The molecular formula is C25H29Cl3N2O2. The second kappa shape index (κ2) is 11.9. The summed E-state index contributed by atoms with van der Waals surface area (Å²) in [7, 11) is 0. The van der Waals surface area contributed by atoms with Gasteiger partial charge in [0.15, 0.2) is 0 Å². The third kappa shape index (κ3) is 6.63. The second-order valence-electron chi connectivity index (χ2n) is 8.29. The van der Waals surface area contributed by atoms with Crippen LogP contribution in [0, 0.1) is 0 Å². The van der Waals surface area contributed by atoms with Gasteiger partial charge in [0.1, 0.15) is 6.04 Å². The molecule has 0 saturated heterocycles. The first kappa shape index (κ1) is 24.9. The Balaban J connectivity index is 1.85. The molecule has 4 nitrogen and oxygen atoms in total. The van der Waals surface area contributed by atoms with Crippen LogP contribution in [-0.2, 0) is 22.6 Å². The van der Waals surface area contributed by atoms with Gasteiger partial charge >= 0.3 is 0 Å². The smallest absolute Gasteiger partial charge is 0.243 e. The number of carbonyl (C=O) groups is 2. The highest BCUT2D eigenvalue weighted by molar-refractivity contribution is 6.35. The molecule has 1 saturated carbocycles. The predicted molar refractivity (Wildman–Crippen MR) is 131 cm³/mol. The predicted octanol–water partition coefficient (Wildman–Crippen LogP) is 6.45. The summed E-state index contributed by atoms with van der Waals surface area (Å²) >= 11 is 18.7. The molecule has 2 amide bonds. The fraction of sp³-hybridized carbons (Fsp3) is 0.440. The Labute approximate surface area is 205 Å². The molecule has 1 aliphatic rings. The number of rotatable bonds is 8.